The van der Waals surface area contributed by atoms with Gasteiger partial charge in [-0.3, -0.25) is 9.78 Å². The summed E-state index contributed by atoms with van der Waals surface area (Å²) in [6.45, 7) is 5.94. The van der Waals surface area contributed by atoms with E-state index in [-0.39, 0.29) is 5.56 Å². The molecular weight excluding hydrogens is 442 g/mol. The summed E-state index contributed by atoms with van der Waals surface area (Å²) in [5.41, 5.74) is 11.8. The first kappa shape index (κ1) is 22.3. The minimum atomic E-state index is -0.152. The van der Waals surface area contributed by atoms with Crippen LogP contribution in [0.1, 0.15) is 22.7 Å². The van der Waals surface area contributed by atoms with Crippen LogP contribution in [-0.2, 0) is 6.54 Å². The zero-order chi connectivity index (χ0) is 24.7. The summed E-state index contributed by atoms with van der Waals surface area (Å²) in [7, 11) is 1.61. The molecule has 0 radical (unpaired) electrons. The highest BCUT2D eigenvalue weighted by molar-refractivity contribution is 5.92. The minimum absolute atomic E-state index is 0.152. The number of ether oxygens (including phenoxy) is 1. The molecule has 4 heterocycles. The van der Waals surface area contributed by atoms with E-state index in [1.165, 1.54) is 0 Å². The van der Waals surface area contributed by atoms with Crippen molar-refractivity contribution < 1.29 is 9.26 Å². The Bertz CT molecular complexity index is 1600. The Labute approximate surface area is 202 Å². The molecule has 0 unspecified atom stereocenters. The Hall–Kier alpha value is -4.46. The second kappa shape index (κ2) is 8.72. The van der Waals surface area contributed by atoms with Crippen LogP contribution in [0.25, 0.3) is 33.2 Å². The van der Waals surface area contributed by atoms with Gasteiger partial charge in [0.05, 0.1) is 36.1 Å². The first-order chi connectivity index (χ1) is 16.9. The van der Waals surface area contributed by atoms with E-state index in [2.05, 4.69) is 15.1 Å². The molecule has 5 rings (SSSR count). The van der Waals surface area contributed by atoms with Crippen LogP contribution >= 0.6 is 0 Å². The maximum Gasteiger partial charge on any atom is 0.259 e. The molecular formula is C27H25N5O3. The van der Waals surface area contributed by atoms with E-state index >= 15 is 0 Å². The van der Waals surface area contributed by atoms with Crippen LogP contribution < -0.4 is 16.0 Å². The number of hydrogen-bond donors (Lipinski definition) is 1. The maximum absolute atomic E-state index is 13.8. The van der Waals surface area contributed by atoms with E-state index in [1.807, 2.05) is 63.2 Å². The molecule has 0 aliphatic heterocycles. The molecule has 8 nitrogen and oxygen atoms in total. The van der Waals surface area contributed by atoms with E-state index in [9.17, 15) is 4.79 Å². The second-order valence-electron chi connectivity index (χ2n) is 8.51. The normalized spacial score (nSPS) is 11.2. The van der Waals surface area contributed by atoms with Crippen molar-refractivity contribution in [3.63, 3.8) is 0 Å². The van der Waals surface area contributed by atoms with Gasteiger partial charge in [0, 0.05) is 35.2 Å². The zero-order valence-electron chi connectivity index (χ0n) is 20.0. The highest BCUT2D eigenvalue weighted by Gasteiger charge is 2.20. The molecule has 0 saturated carbocycles. The number of anilines is 1. The molecule has 0 aliphatic carbocycles. The van der Waals surface area contributed by atoms with Gasteiger partial charge >= 0.3 is 0 Å². The number of methoxy groups -OCH3 is 1. The van der Waals surface area contributed by atoms with Crippen LogP contribution in [0.15, 0.2) is 64.2 Å². The van der Waals surface area contributed by atoms with Crippen LogP contribution in [0, 0.1) is 20.8 Å². The fourth-order valence-corrected chi connectivity index (χ4v) is 4.39. The quantitative estimate of drug-likeness (QED) is 0.400. The number of hydrogen-bond acceptors (Lipinski definition) is 7. The van der Waals surface area contributed by atoms with Crippen molar-refractivity contribution in [1.82, 2.24) is 19.7 Å². The fourth-order valence-electron chi connectivity index (χ4n) is 4.39. The largest absolute Gasteiger partial charge is 0.496 e. The Balaban J connectivity index is 1.83. The van der Waals surface area contributed by atoms with Crippen molar-refractivity contribution >= 4 is 16.7 Å². The van der Waals surface area contributed by atoms with Crippen molar-refractivity contribution in [1.29, 1.82) is 0 Å². The number of nitrogens with zero attached hydrogens (tertiary/aromatic N) is 4. The fraction of sp³-hybridized carbons (Fsp3) is 0.185. The summed E-state index contributed by atoms with van der Waals surface area (Å²) >= 11 is 0. The Morgan fingerprint density at radius 1 is 1.06 bits per heavy atom. The van der Waals surface area contributed by atoms with Crippen molar-refractivity contribution in [3.05, 3.63) is 87.9 Å². The molecule has 176 valence electrons. The number of nitrogens with two attached hydrogens (primary N) is 1. The van der Waals surface area contributed by atoms with Crippen LogP contribution in [0.4, 0.5) is 5.82 Å². The molecule has 8 heteroatoms. The summed E-state index contributed by atoms with van der Waals surface area (Å²) in [6.07, 6.45) is 3.35. The van der Waals surface area contributed by atoms with Crippen molar-refractivity contribution in [2.75, 3.05) is 12.8 Å². The van der Waals surface area contributed by atoms with Gasteiger partial charge in [-0.2, -0.15) is 0 Å². The third-order valence-electron chi connectivity index (χ3n) is 6.19. The molecule has 0 spiro atoms. The first-order valence-corrected chi connectivity index (χ1v) is 11.2. The summed E-state index contributed by atoms with van der Waals surface area (Å²) in [5.74, 6) is 1.76. The number of benzene rings is 1. The SMILES string of the molecule is COc1cc2c(cc1-c1c(C)noc1C)cc(-c1cnc(N)c(C)c1)c(=O)n2Cc1ccccn1. The lowest BCUT2D eigenvalue weighted by molar-refractivity contribution is 0.393. The molecule has 5 aromatic rings. The Morgan fingerprint density at radius 2 is 1.86 bits per heavy atom. The van der Waals surface area contributed by atoms with E-state index in [4.69, 9.17) is 15.0 Å². The zero-order valence-corrected chi connectivity index (χ0v) is 20.0. The highest BCUT2D eigenvalue weighted by atomic mass is 16.5. The smallest absolute Gasteiger partial charge is 0.259 e. The van der Waals surface area contributed by atoms with Crippen molar-refractivity contribution in [2.24, 2.45) is 0 Å². The highest BCUT2D eigenvalue weighted by Crippen LogP contribution is 2.38. The molecule has 0 amide bonds. The summed E-state index contributed by atoms with van der Waals surface area (Å²) < 4.78 is 12.9. The number of aromatic nitrogens is 4. The van der Waals surface area contributed by atoms with Crippen LogP contribution in [-0.4, -0.2) is 26.8 Å². The van der Waals surface area contributed by atoms with Crippen molar-refractivity contribution in [2.45, 2.75) is 27.3 Å². The van der Waals surface area contributed by atoms with Gasteiger partial charge in [-0.05, 0) is 62.1 Å². The van der Waals surface area contributed by atoms with E-state index in [1.54, 1.807) is 24.1 Å². The molecule has 0 bridgehead atoms. The number of pyridine rings is 3. The number of nitrogen functional groups attached to an aromatic ring is 1. The summed E-state index contributed by atoms with van der Waals surface area (Å²) in [6, 6.07) is 13.3. The second-order valence-corrected chi connectivity index (χ2v) is 8.51. The number of fused-ring (bicyclic) bond motifs is 1. The van der Waals surface area contributed by atoms with Gasteiger partial charge in [0.15, 0.2) is 0 Å². The van der Waals surface area contributed by atoms with Gasteiger partial charge in [0.25, 0.3) is 5.56 Å². The van der Waals surface area contributed by atoms with E-state index in [0.717, 1.165) is 39.0 Å². The number of rotatable bonds is 5. The Morgan fingerprint density at radius 3 is 2.51 bits per heavy atom. The summed E-state index contributed by atoms with van der Waals surface area (Å²) in [4.78, 5) is 22.5. The van der Waals surface area contributed by atoms with Gasteiger partial charge in [0.2, 0.25) is 0 Å². The monoisotopic (exact) mass is 467 g/mol. The lowest BCUT2D eigenvalue weighted by Gasteiger charge is -2.17. The third kappa shape index (κ3) is 3.93. The maximum atomic E-state index is 13.8. The van der Waals surface area contributed by atoms with Gasteiger partial charge in [-0.25, -0.2) is 4.98 Å². The topological polar surface area (TPSA) is 109 Å². The van der Waals surface area contributed by atoms with E-state index in [0.29, 0.717) is 35.0 Å². The minimum Gasteiger partial charge on any atom is -0.496 e. The molecule has 1 aromatic carbocycles. The molecule has 2 N–H and O–H groups in total. The van der Waals surface area contributed by atoms with Crippen LogP contribution in [0.3, 0.4) is 0 Å². The summed E-state index contributed by atoms with van der Waals surface area (Å²) in [5, 5.41) is 4.97. The molecule has 35 heavy (non-hydrogen) atoms. The van der Waals surface area contributed by atoms with Crippen LogP contribution in [0.2, 0.25) is 0 Å². The lowest BCUT2D eigenvalue weighted by atomic mass is 9.98. The lowest BCUT2D eigenvalue weighted by Crippen LogP contribution is -2.23. The average Bonchev–Trinajstić information content (AvgIpc) is 3.20. The van der Waals surface area contributed by atoms with Crippen molar-refractivity contribution in [3.8, 4) is 28.0 Å². The predicted octanol–water partition coefficient (Wildman–Crippen LogP) is 4.68. The van der Waals surface area contributed by atoms with E-state index < -0.39 is 0 Å². The molecule has 4 aromatic heterocycles. The first-order valence-electron chi connectivity index (χ1n) is 11.2. The van der Waals surface area contributed by atoms with Gasteiger partial charge in [-0.15, -0.1) is 0 Å². The van der Waals surface area contributed by atoms with Gasteiger partial charge < -0.3 is 19.6 Å². The average molecular weight is 468 g/mol. The third-order valence-corrected chi connectivity index (χ3v) is 6.19. The molecule has 0 aliphatic rings. The predicted molar refractivity (Wildman–Crippen MR) is 135 cm³/mol. The Kier molecular flexibility index (Phi) is 5.56. The van der Waals surface area contributed by atoms with Gasteiger partial charge in [0.1, 0.15) is 17.3 Å². The van der Waals surface area contributed by atoms with Crippen LogP contribution in [0.5, 0.6) is 5.75 Å². The molecule has 0 atom stereocenters. The standard InChI is InChI=1S/C27H25N5O3/c1-15-9-19(13-30-26(15)28)21-10-18-11-22(25-16(2)31-35-17(25)3)24(34-4)12-23(18)32(27(21)33)14-20-7-5-6-8-29-20/h5-13H,14H2,1-4H3,(H2,28,30). The van der Waals surface area contributed by atoms with Gasteiger partial charge in [-0.1, -0.05) is 11.2 Å². The molecule has 0 saturated heterocycles. The molecule has 0 fully saturated rings. The number of aryl methyl sites for hydroxylation is 3.